The van der Waals surface area contributed by atoms with Gasteiger partial charge < -0.3 is 20.7 Å². The molecule has 0 fully saturated rings. The molecule has 1 rings (SSSR count). The molecule has 1 aromatic heterocycles. The molecule has 3 N–H and O–H groups in total. The van der Waals surface area contributed by atoms with E-state index in [1.54, 1.807) is 6.20 Å². The van der Waals surface area contributed by atoms with Crippen molar-refractivity contribution in [1.29, 1.82) is 0 Å². The second-order valence-corrected chi connectivity index (χ2v) is 5.96. The highest BCUT2D eigenvalue weighted by Crippen LogP contribution is 2.10. The minimum atomic E-state index is 0.479. The van der Waals surface area contributed by atoms with E-state index >= 15 is 0 Å². The zero-order valence-electron chi connectivity index (χ0n) is 14.2. The first kappa shape index (κ1) is 18.2. The number of aromatic nitrogens is 1. The smallest absolute Gasteiger partial charge is 0.213 e. The van der Waals surface area contributed by atoms with Gasteiger partial charge in [-0.3, -0.25) is 0 Å². The Morgan fingerprint density at radius 2 is 2.23 bits per heavy atom. The molecular formula is C16H29N5O. The maximum absolute atomic E-state index is 5.85. The molecule has 0 aliphatic rings. The molecule has 0 saturated carbocycles. The van der Waals surface area contributed by atoms with Gasteiger partial charge in [-0.25, -0.2) is 9.98 Å². The van der Waals surface area contributed by atoms with Crippen LogP contribution in [0.1, 0.15) is 25.8 Å². The first-order chi connectivity index (χ1) is 10.5. The minimum Gasteiger partial charge on any atom is -0.476 e. The Kier molecular flexibility index (Phi) is 8.28. The minimum absolute atomic E-state index is 0.479. The number of guanidine groups is 1. The highest BCUT2D eigenvalue weighted by atomic mass is 16.5. The predicted molar refractivity (Wildman–Crippen MR) is 91.1 cm³/mol. The molecular weight excluding hydrogens is 278 g/mol. The van der Waals surface area contributed by atoms with E-state index in [9.17, 15) is 0 Å². The van der Waals surface area contributed by atoms with Gasteiger partial charge in [-0.15, -0.1) is 0 Å². The molecule has 0 radical (unpaired) electrons. The highest BCUT2D eigenvalue weighted by Gasteiger charge is 2.00. The zero-order chi connectivity index (χ0) is 16.4. The van der Waals surface area contributed by atoms with Gasteiger partial charge in [0.1, 0.15) is 6.61 Å². The number of nitrogens with one attached hydrogen (secondary N) is 1. The van der Waals surface area contributed by atoms with E-state index in [2.05, 4.69) is 34.0 Å². The lowest BCUT2D eigenvalue weighted by Crippen LogP contribution is -2.32. The van der Waals surface area contributed by atoms with Gasteiger partial charge in [0.2, 0.25) is 5.88 Å². The van der Waals surface area contributed by atoms with Crippen molar-refractivity contribution in [2.24, 2.45) is 16.6 Å². The van der Waals surface area contributed by atoms with Crippen molar-refractivity contribution in [3.05, 3.63) is 23.9 Å². The summed E-state index contributed by atoms with van der Waals surface area (Å²) in [5.74, 6) is 1.76. The SMILES string of the molecule is CC(C)CCNC(N)=NCc1ccnc(OCCN(C)C)c1. The third-order valence-electron chi connectivity index (χ3n) is 3.05. The summed E-state index contributed by atoms with van der Waals surface area (Å²) in [5.41, 5.74) is 6.88. The molecule has 0 aliphatic carbocycles. The fourth-order valence-electron chi connectivity index (χ4n) is 1.68. The molecule has 1 aromatic rings. The number of ether oxygens (including phenoxy) is 1. The van der Waals surface area contributed by atoms with Crippen LogP contribution in [0.5, 0.6) is 5.88 Å². The Bertz CT molecular complexity index is 460. The summed E-state index contributed by atoms with van der Waals surface area (Å²) in [6.07, 6.45) is 2.81. The van der Waals surface area contributed by atoms with E-state index in [4.69, 9.17) is 10.5 Å². The topological polar surface area (TPSA) is 75.8 Å². The Morgan fingerprint density at radius 1 is 1.45 bits per heavy atom. The molecule has 6 nitrogen and oxygen atoms in total. The maximum atomic E-state index is 5.85. The molecule has 0 saturated heterocycles. The van der Waals surface area contributed by atoms with Gasteiger partial charge in [0, 0.05) is 25.4 Å². The van der Waals surface area contributed by atoms with Crippen molar-refractivity contribution in [1.82, 2.24) is 15.2 Å². The lowest BCUT2D eigenvalue weighted by molar-refractivity contribution is 0.253. The van der Waals surface area contributed by atoms with Crippen molar-refractivity contribution in [3.63, 3.8) is 0 Å². The van der Waals surface area contributed by atoms with E-state index in [0.29, 0.717) is 30.9 Å². The van der Waals surface area contributed by atoms with Crippen LogP contribution in [0.3, 0.4) is 0 Å². The Morgan fingerprint density at radius 3 is 2.91 bits per heavy atom. The number of aliphatic imine (C=N–C) groups is 1. The molecule has 0 amide bonds. The predicted octanol–water partition coefficient (Wildman–Crippen LogP) is 1.47. The van der Waals surface area contributed by atoms with Crippen LogP contribution >= 0.6 is 0 Å². The van der Waals surface area contributed by atoms with Crippen LogP contribution in [-0.2, 0) is 6.54 Å². The van der Waals surface area contributed by atoms with Gasteiger partial charge in [-0.2, -0.15) is 0 Å². The standard InChI is InChI=1S/C16H29N5O/c1-13(2)5-7-19-16(17)20-12-14-6-8-18-15(11-14)22-10-9-21(3)4/h6,8,11,13H,5,7,9-10,12H2,1-4H3,(H3,17,19,20). The summed E-state index contributed by atoms with van der Waals surface area (Å²) < 4.78 is 5.61. The summed E-state index contributed by atoms with van der Waals surface area (Å²) in [7, 11) is 4.02. The molecule has 0 aromatic carbocycles. The average Bonchev–Trinajstić information content (AvgIpc) is 2.45. The number of pyridine rings is 1. The average molecular weight is 307 g/mol. The molecule has 0 bridgehead atoms. The number of rotatable bonds is 9. The largest absolute Gasteiger partial charge is 0.476 e. The van der Waals surface area contributed by atoms with Gasteiger partial charge >= 0.3 is 0 Å². The van der Waals surface area contributed by atoms with Crippen molar-refractivity contribution >= 4 is 5.96 Å². The lowest BCUT2D eigenvalue weighted by atomic mass is 10.1. The van der Waals surface area contributed by atoms with Crippen molar-refractivity contribution < 1.29 is 4.74 Å². The van der Waals surface area contributed by atoms with E-state index in [1.807, 2.05) is 26.2 Å². The summed E-state index contributed by atoms with van der Waals surface area (Å²) in [5, 5.41) is 3.12. The third-order valence-corrected chi connectivity index (χ3v) is 3.05. The second-order valence-electron chi connectivity index (χ2n) is 5.96. The van der Waals surface area contributed by atoms with E-state index in [0.717, 1.165) is 25.1 Å². The highest BCUT2D eigenvalue weighted by molar-refractivity contribution is 5.77. The summed E-state index contributed by atoms with van der Waals surface area (Å²) in [6, 6.07) is 3.82. The number of hydrogen-bond acceptors (Lipinski definition) is 4. The van der Waals surface area contributed by atoms with E-state index in [-0.39, 0.29) is 0 Å². The number of hydrogen-bond donors (Lipinski definition) is 2. The molecule has 0 unspecified atom stereocenters. The van der Waals surface area contributed by atoms with Gasteiger partial charge in [0.05, 0.1) is 6.54 Å². The molecule has 1 heterocycles. The van der Waals surface area contributed by atoms with Gasteiger partial charge in [0.25, 0.3) is 0 Å². The van der Waals surface area contributed by atoms with Gasteiger partial charge in [-0.1, -0.05) is 13.8 Å². The fourth-order valence-corrected chi connectivity index (χ4v) is 1.68. The van der Waals surface area contributed by atoms with Crippen LogP contribution in [0.2, 0.25) is 0 Å². The lowest BCUT2D eigenvalue weighted by Gasteiger charge is -2.11. The molecule has 0 atom stereocenters. The molecule has 0 aliphatic heterocycles. The molecule has 22 heavy (non-hydrogen) atoms. The fraction of sp³-hybridized carbons (Fsp3) is 0.625. The maximum Gasteiger partial charge on any atom is 0.213 e. The van der Waals surface area contributed by atoms with Gasteiger partial charge in [0.15, 0.2) is 5.96 Å². The quantitative estimate of drug-likeness (QED) is 0.534. The van der Waals surface area contributed by atoms with E-state index in [1.165, 1.54) is 0 Å². The normalized spacial score (nSPS) is 12.0. The summed E-state index contributed by atoms with van der Waals surface area (Å²) >= 11 is 0. The zero-order valence-corrected chi connectivity index (χ0v) is 14.2. The van der Waals surface area contributed by atoms with Crippen LogP contribution in [0, 0.1) is 5.92 Å². The Balaban J connectivity index is 2.41. The Labute approximate surface area is 133 Å². The first-order valence-electron chi connectivity index (χ1n) is 7.73. The molecule has 124 valence electrons. The van der Waals surface area contributed by atoms with Crippen LogP contribution in [0.15, 0.2) is 23.3 Å². The first-order valence-corrected chi connectivity index (χ1v) is 7.73. The summed E-state index contributed by atoms with van der Waals surface area (Å²) in [6.45, 7) is 7.21. The third kappa shape index (κ3) is 8.46. The van der Waals surface area contributed by atoms with Crippen molar-refractivity contribution in [2.45, 2.75) is 26.8 Å². The van der Waals surface area contributed by atoms with Crippen LogP contribution in [0.25, 0.3) is 0 Å². The van der Waals surface area contributed by atoms with Crippen molar-refractivity contribution in [3.8, 4) is 5.88 Å². The monoisotopic (exact) mass is 307 g/mol. The summed E-state index contributed by atoms with van der Waals surface area (Å²) in [4.78, 5) is 10.6. The number of nitrogens with two attached hydrogens (primary N) is 1. The number of likely N-dealkylation sites (N-methyl/N-ethyl adjacent to an activating group) is 1. The molecule has 0 spiro atoms. The van der Waals surface area contributed by atoms with E-state index < -0.39 is 0 Å². The van der Waals surface area contributed by atoms with Crippen molar-refractivity contribution in [2.75, 3.05) is 33.8 Å². The van der Waals surface area contributed by atoms with Crippen LogP contribution in [-0.4, -0.2) is 49.6 Å². The Hall–Kier alpha value is -1.82. The van der Waals surface area contributed by atoms with Crippen LogP contribution in [0.4, 0.5) is 0 Å². The molecule has 6 heteroatoms. The van der Waals surface area contributed by atoms with Crippen LogP contribution < -0.4 is 15.8 Å². The number of nitrogens with zero attached hydrogens (tertiary/aromatic N) is 3. The second kappa shape index (κ2) is 10.00. The van der Waals surface area contributed by atoms with Gasteiger partial charge in [-0.05, 0) is 38.1 Å².